The number of benzene rings is 1. The van der Waals surface area contributed by atoms with Gasteiger partial charge in [0.2, 0.25) is 11.5 Å². The molecule has 24 heavy (non-hydrogen) atoms. The molecule has 4 N–H and O–H groups in total. The summed E-state index contributed by atoms with van der Waals surface area (Å²) in [5, 5.41) is 3.75. The number of aromatic nitrogens is 1. The highest BCUT2D eigenvalue weighted by atomic mass is 16.5. The average molecular weight is 329 g/mol. The van der Waals surface area contributed by atoms with E-state index in [4.69, 9.17) is 10.5 Å². The summed E-state index contributed by atoms with van der Waals surface area (Å²) in [5.74, 6) is -0.214. The maximum absolute atomic E-state index is 12.2. The lowest BCUT2D eigenvalue weighted by Crippen LogP contribution is -2.43. The number of hydrogen-bond donors (Lipinski definition) is 3. The van der Waals surface area contributed by atoms with E-state index in [9.17, 15) is 9.59 Å². The predicted molar refractivity (Wildman–Crippen MR) is 92.6 cm³/mol. The van der Waals surface area contributed by atoms with E-state index in [0.29, 0.717) is 6.42 Å². The molecule has 1 aliphatic rings. The summed E-state index contributed by atoms with van der Waals surface area (Å²) in [5.41, 5.74) is 7.35. The first-order chi connectivity index (χ1) is 11.6. The second-order valence-electron chi connectivity index (χ2n) is 6.25. The van der Waals surface area contributed by atoms with Crippen LogP contribution in [0.4, 0.5) is 0 Å². The Balaban J connectivity index is 1.62. The molecule has 3 rings (SSSR count). The van der Waals surface area contributed by atoms with Gasteiger partial charge >= 0.3 is 0 Å². The zero-order valence-electron chi connectivity index (χ0n) is 13.6. The quantitative estimate of drug-likeness (QED) is 0.773. The molecule has 0 saturated carbocycles. The highest BCUT2D eigenvalue weighted by molar-refractivity contribution is 5.84. The first-order valence-corrected chi connectivity index (χ1v) is 8.39. The predicted octanol–water partition coefficient (Wildman–Crippen LogP) is 1.43. The largest absolute Gasteiger partial charge is 0.378 e. The highest BCUT2D eigenvalue weighted by Crippen LogP contribution is 2.17. The molecule has 1 aromatic heterocycles. The van der Waals surface area contributed by atoms with Gasteiger partial charge in [-0.05, 0) is 37.3 Å². The first kappa shape index (κ1) is 16.7. The van der Waals surface area contributed by atoms with E-state index < -0.39 is 6.04 Å². The second-order valence-corrected chi connectivity index (χ2v) is 6.25. The number of pyridine rings is 1. The van der Waals surface area contributed by atoms with Crippen molar-refractivity contribution in [3.8, 4) is 0 Å². The second kappa shape index (κ2) is 7.59. The summed E-state index contributed by atoms with van der Waals surface area (Å²) in [6.45, 7) is 1.03. The minimum absolute atomic E-state index is 0.0694. The Hall–Kier alpha value is -2.18. The first-order valence-electron chi connectivity index (χ1n) is 8.39. The topological polar surface area (TPSA) is 97.2 Å². The van der Waals surface area contributed by atoms with Gasteiger partial charge in [0, 0.05) is 30.1 Å². The molecular formula is C18H23N3O3. The molecule has 2 unspecified atom stereocenters. The molecule has 6 heteroatoms. The van der Waals surface area contributed by atoms with Crippen LogP contribution in [0, 0.1) is 0 Å². The van der Waals surface area contributed by atoms with Gasteiger partial charge in [-0.3, -0.25) is 9.59 Å². The van der Waals surface area contributed by atoms with Crippen LogP contribution in [0.2, 0.25) is 0 Å². The zero-order valence-corrected chi connectivity index (χ0v) is 13.6. The number of ether oxygens (including phenoxy) is 1. The van der Waals surface area contributed by atoms with Crippen LogP contribution in [-0.2, 0) is 16.1 Å². The summed E-state index contributed by atoms with van der Waals surface area (Å²) in [6.07, 6.45) is 3.76. The Kier molecular flexibility index (Phi) is 5.27. The van der Waals surface area contributed by atoms with Gasteiger partial charge < -0.3 is 20.8 Å². The van der Waals surface area contributed by atoms with Gasteiger partial charge in [-0.25, -0.2) is 0 Å². The fraction of sp³-hybridized carbons (Fsp3) is 0.444. The average Bonchev–Trinajstić information content (AvgIpc) is 2.60. The van der Waals surface area contributed by atoms with Gasteiger partial charge in [-0.15, -0.1) is 0 Å². The van der Waals surface area contributed by atoms with Gasteiger partial charge in [0.15, 0.2) is 0 Å². The summed E-state index contributed by atoms with van der Waals surface area (Å²) in [6, 6.07) is 8.44. The summed E-state index contributed by atoms with van der Waals surface area (Å²) >= 11 is 0. The molecule has 1 fully saturated rings. The number of nitrogens with two attached hydrogens (primary N) is 1. The molecule has 0 spiro atoms. The Labute approximate surface area is 140 Å². The number of aromatic amines is 1. The molecule has 2 atom stereocenters. The van der Waals surface area contributed by atoms with E-state index in [1.807, 2.05) is 24.3 Å². The van der Waals surface area contributed by atoms with E-state index in [1.165, 1.54) is 6.07 Å². The number of rotatable bonds is 5. The minimum atomic E-state index is -0.596. The molecule has 1 aliphatic heterocycles. The fourth-order valence-electron chi connectivity index (χ4n) is 3.12. The van der Waals surface area contributed by atoms with Crippen LogP contribution in [0.15, 0.2) is 35.1 Å². The number of carbonyl (C=O) groups is 1. The van der Waals surface area contributed by atoms with Gasteiger partial charge in [-0.1, -0.05) is 18.2 Å². The number of fused-ring (bicyclic) bond motifs is 1. The molecule has 1 amide bonds. The third-order valence-corrected chi connectivity index (χ3v) is 4.42. The number of carbonyl (C=O) groups excluding carboxylic acids is 1. The molecule has 1 aromatic carbocycles. The Morgan fingerprint density at radius 3 is 3.00 bits per heavy atom. The molecule has 2 heterocycles. The number of amides is 1. The molecule has 0 aliphatic carbocycles. The lowest BCUT2D eigenvalue weighted by atomic mass is 10.0. The Morgan fingerprint density at radius 1 is 1.38 bits per heavy atom. The number of para-hydroxylation sites is 1. The maximum atomic E-state index is 12.2. The molecule has 6 nitrogen and oxygen atoms in total. The maximum Gasteiger partial charge on any atom is 0.248 e. The van der Waals surface area contributed by atoms with E-state index in [0.717, 1.165) is 42.3 Å². The number of H-pyrrole nitrogens is 1. The summed E-state index contributed by atoms with van der Waals surface area (Å²) in [7, 11) is 0. The fourth-order valence-corrected chi connectivity index (χ4v) is 3.12. The molecular weight excluding hydrogens is 306 g/mol. The third kappa shape index (κ3) is 4.01. The number of hydrogen-bond acceptors (Lipinski definition) is 4. The minimum Gasteiger partial charge on any atom is -0.378 e. The van der Waals surface area contributed by atoms with Gasteiger partial charge in [0.05, 0.1) is 12.1 Å². The Bertz CT molecular complexity index is 765. The van der Waals surface area contributed by atoms with Crippen LogP contribution in [0.3, 0.4) is 0 Å². The van der Waals surface area contributed by atoms with Crippen molar-refractivity contribution in [3.05, 3.63) is 46.2 Å². The van der Waals surface area contributed by atoms with E-state index in [2.05, 4.69) is 10.3 Å². The normalized spacial score (nSPS) is 19.1. The summed E-state index contributed by atoms with van der Waals surface area (Å²) < 4.78 is 5.63. The molecule has 0 radical (unpaired) electrons. The summed E-state index contributed by atoms with van der Waals surface area (Å²) in [4.78, 5) is 26.8. The lowest BCUT2D eigenvalue weighted by Gasteiger charge is -2.24. The van der Waals surface area contributed by atoms with E-state index in [-0.39, 0.29) is 24.1 Å². The highest BCUT2D eigenvalue weighted by Gasteiger charge is 2.21. The standard InChI is InChI=1S/C18H23N3O3/c19-15(10-13-5-3-4-8-24-13)18(23)20-11-12-9-17(22)21-16-7-2-1-6-14(12)16/h1-2,6-7,9,13,15H,3-5,8,10-11,19H2,(H,20,23)(H,21,22). The van der Waals surface area contributed by atoms with Crippen molar-refractivity contribution < 1.29 is 9.53 Å². The third-order valence-electron chi connectivity index (χ3n) is 4.42. The van der Waals surface area contributed by atoms with Crippen LogP contribution in [0.5, 0.6) is 0 Å². The molecule has 2 aromatic rings. The van der Waals surface area contributed by atoms with Crippen molar-refractivity contribution >= 4 is 16.8 Å². The van der Waals surface area contributed by atoms with Crippen LogP contribution in [0.25, 0.3) is 10.9 Å². The van der Waals surface area contributed by atoms with Crippen molar-refractivity contribution in [2.45, 2.75) is 44.4 Å². The van der Waals surface area contributed by atoms with Gasteiger partial charge in [-0.2, -0.15) is 0 Å². The van der Waals surface area contributed by atoms with Gasteiger partial charge in [0.1, 0.15) is 0 Å². The van der Waals surface area contributed by atoms with E-state index >= 15 is 0 Å². The smallest absolute Gasteiger partial charge is 0.248 e. The van der Waals surface area contributed by atoms with Crippen molar-refractivity contribution in [3.63, 3.8) is 0 Å². The Morgan fingerprint density at radius 2 is 2.21 bits per heavy atom. The van der Waals surface area contributed by atoms with Crippen LogP contribution in [-0.4, -0.2) is 29.6 Å². The van der Waals surface area contributed by atoms with Crippen LogP contribution in [0.1, 0.15) is 31.2 Å². The molecule has 1 saturated heterocycles. The van der Waals surface area contributed by atoms with Crippen molar-refractivity contribution in [2.24, 2.45) is 5.73 Å². The molecule has 128 valence electrons. The number of nitrogens with one attached hydrogen (secondary N) is 2. The lowest BCUT2D eigenvalue weighted by molar-refractivity contribution is -0.123. The van der Waals surface area contributed by atoms with E-state index in [1.54, 1.807) is 0 Å². The van der Waals surface area contributed by atoms with Crippen LogP contribution < -0.4 is 16.6 Å². The SMILES string of the molecule is NC(CC1CCCCO1)C(=O)NCc1cc(=O)[nH]c2ccccc12. The zero-order chi connectivity index (χ0) is 16.9. The van der Waals surface area contributed by atoms with Crippen LogP contribution >= 0.6 is 0 Å². The monoisotopic (exact) mass is 329 g/mol. The molecule has 0 bridgehead atoms. The van der Waals surface area contributed by atoms with Gasteiger partial charge in [0.25, 0.3) is 0 Å². The van der Waals surface area contributed by atoms with Crippen molar-refractivity contribution in [2.75, 3.05) is 6.61 Å². The van der Waals surface area contributed by atoms with Crippen molar-refractivity contribution in [1.82, 2.24) is 10.3 Å². The van der Waals surface area contributed by atoms with Crippen molar-refractivity contribution in [1.29, 1.82) is 0 Å².